The second kappa shape index (κ2) is 7.69. The van der Waals surface area contributed by atoms with Gasteiger partial charge in [0, 0.05) is 19.2 Å². The van der Waals surface area contributed by atoms with Crippen molar-refractivity contribution in [1.29, 1.82) is 0 Å². The van der Waals surface area contributed by atoms with Crippen molar-refractivity contribution in [3.05, 3.63) is 71.8 Å². The average molecular weight is 402 g/mol. The molecule has 6 heteroatoms. The first-order valence-corrected chi connectivity index (χ1v) is 10.6. The van der Waals surface area contributed by atoms with Gasteiger partial charge < -0.3 is 10.1 Å². The molecule has 6 nitrogen and oxygen atoms in total. The Balaban J connectivity index is 1.32. The van der Waals surface area contributed by atoms with Crippen molar-refractivity contribution in [2.24, 2.45) is 0 Å². The molecule has 0 bridgehead atoms. The minimum absolute atomic E-state index is 0.103. The Bertz CT molecular complexity index is 1040. The van der Waals surface area contributed by atoms with Crippen molar-refractivity contribution < 1.29 is 4.74 Å². The predicted molar refractivity (Wildman–Crippen MR) is 117 cm³/mol. The number of hydrogen-bond donors (Lipinski definition) is 1. The van der Waals surface area contributed by atoms with Gasteiger partial charge in [-0.3, -0.25) is 9.88 Å². The van der Waals surface area contributed by atoms with Gasteiger partial charge in [-0.15, -0.1) is 0 Å². The third kappa shape index (κ3) is 4.00. The highest BCUT2D eigenvalue weighted by Gasteiger charge is 2.31. The van der Waals surface area contributed by atoms with E-state index in [1.807, 2.05) is 24.4 Å². The van der Waals surface area contributed by atoms with Gasteiger partial charge >= 0.3 is 0 Å². The normalized spacial score (nSPS) is 20.0. The van der Waals surface area contributed by atoms with E-state index >= 15 is 0 Å². The zero-order chi connectivity index (χ0) is 20.6. The number of nitrogens with zero attached hydrogens (tertiary/aromatic N) is 4. The monoisotopic (exact) mass is 401 g/mol. The minimum Gasteiger partial charge on any atom is -0.487 e. The van der Waals surface area contributed by atoms with Crippen LogP contribution in [0.2, 0.25) is 0 Å². The number of likely N-dealkylation sites (tertiary alicyclic amines) is 1. The van der Waals surface area contributed by atoms with E-state index < -0.39 is 0 Å². The van der Waals surface area contributed by atoms with Gasteiger partial charge in [0.15, 0.2) is 0 Å². The smallest absolute Gasteiger partial charge is 0.150 e. The van der Waals surface area contributed by atoms with Crippen LogP contribution < -0.4 is 10.1 Å². The highest BCUT2D eigenvalue weighted by atomic mass is 16.5. The molecular formula is C24H27N5O. The van der Waals surface area contributed by atoms with Crippen LogP contribution in [0, 0.1) is 0 Å². The summed E-state index contributed by atoms with van der Waals surface area (Å²) in [5.41, 5.74) is 3.56. The number of hydrogen-bond acceptors (Lipinski definition) is 6. The molecule has 0 saturated carbocycles. The van der Waals surface area contributed by atoms with Crippen LogP contribution in [0.1, 0.15) is 49.6 Å². The van der Waals surface area contributed by atoms with Gasteiger partial charge in [0.1, 0.15) is 23.0 Å². The first-order valence-electron chi connectivity index (χ1n) is 10.6. The first kappa shape index (κ1) is 19.0. The van der Waals surface area contributed by atoms with Crippen LogP contribution in [-0.2, 0) is 13.0 Å². The second-order valence-corrected chi connectivity index (χ2v) is 8.78. The third-order valence-electron chi connectivity index (χ3n) is 5.79. The molecule has 1 unspecified atom stereocenters. The van der Waals surface area contributed by atoms with Crippen LogP contribution in [0.15, 0.2) is 55.0 Å². The molecule has 5 rings (SSSR count). The van der Waals surface area contributed by atoms with Crippen molar-refractivity contribution in [3.63, 3.8) is 0 Å². The zero-order valence-corrected chi connectivity index (χ0v) is 17.5. The summed E-state index contributed by atoms with van der Waals surface area (Å²) in [6.07, 6.45) is 8.65. The van der Waals surface area contributed by atoms with Crippen LogP contribution in [-0.4, -0.2) is 32.0 Å². The molecule has 1 fully saturated rings. The molecule has 2 aromatic heterocycles. The van der Waals surface area contributed by atoms with Crippen LogP contribution in [0.5, 0.6) is 5.75 Å². The summed E-state index contributed by atoms with van der Waals surface area (Å²) in [6, 6.07) is 12.7. The fourth-order valence-electron chi connectivity index (χ4n) is 4.52. The van der Waals surface area contributed by atoms with E-state index in [1.165, 1.54) is 17.5 Å². The standard InChI is InChI=1S/C24H27N5O/c1-24(2)13-18-12-17(8-9-21(18)30-24)16-29-11-5-6-20(29)19-14-25-15-23(27-19)28-22-7-3-4-10-26-22/h3-4,7-10,12,14-15,20H,5-6,11,13,16H2,1-2H3,(H,26,27,28). The lowest BCUT2D eigenvalue weighted by Crippen LogP contribution is -2.24. The maximum atomic E-state index is 6.03. The molecule has 154 valence electrons. The molecule has 3 aromatic rings. The molecule has 0 amide bonds. The van der Waals surface area contributed by atoms with Crippen molar-refractivity contribution in [3.8, 4) is 5.75 Å². The molecule has 0 spiro atoms. The van der Waals surface area contributed by atoms with Crippen molar-refractivity contribution in [1.82, 2.24) is 19.9 Å². The number of ether oxygens (including phenoxy) is 1. The topological polar surface area (TPSA) is 63.2 Å². The molecule has 1 aromatic carbocycles. The molecule has 1 saturated heterocycles. The lowest BCUT2D eigenvalue weighted by Gasteiger charge is -2.24. The minimum atomic E-state index is -0.103. The molecule has 0 radical (unpaired) electrons. The summed E-state index contributed by atoms with van der Waals surface area (Å²) < 4.78 is 6.03. The van der Waals surface area contributed by atoms with Crippen molar-refractivity contribution in [2.45, 2.75) is 51.3 Å². The van der Waals surface area contributed by atoms with E-state index in [9.17, 15) is 0 Å². The molecule has 0 aliphatic carbocycles. The van der Waals surface area contributed by atoms with Gasteiger partial charge in [-0.25, -0.2) is 9.97 Å². The Kier molecular flexibility index (Phi) is 4.87. The van der Waals surface area contributed by atoms with Crippen molar-refractivity contribution in [2.75, 3.05) is 11.9 Å². The molecule has 2 aliphatic heterocycles. The van der Waals surface area contributed by atoms with Gasteiger partial charge in [0.05, 0.1) is 24.1 Å². The largest absolute Gasteiger partial charge is 0.487 e. The molecule has 30 heavy (non-hydrogen) atoms. The summed E-state index contributed by atoms with van der Waals surface area (Å²) in [5, 5.41) is 3.25. The average Bonchev–Trinajstić information content (AvgIpc) is 3.31. The number of nitrogens with one attached hydrogen (secondary N) is 1. The number of fused-ring (bicyclic) bond motifs is 1. The van der Waals surface area contributed by atoms with Crippen LogP contribution in [0.3, 0.4) is 0 Å². The van der Waals surface area contributed by atoms with E-state index in [0.717, 1.165) is 49.0 Å². The summed E-state index contributed by atoms with van der Waals surface area (Å²) in [5.74, 6) is 2.53. The Labute approximate surface area is 177 Å². The van der Waals surface area contributed by atoms with Gasteiger partial charge in [-0.1, -0.05) is 18.2 Å². The fourth-order valence-corrected chi connectivity index (χ4v) is 4.52. The molecule has 1 atom stereocenters. The van der Waals surface area contributed by atoms with Crippen LogP contribution >= 0.6 is 0 Å². The van der Waals surface area contributed by atoms with Gasteiger partial charge in [-0.05, 0) is 62.6 Å². The van der Waals surface area contributed by atoms with E-state index in [1.54, 1.807) is 12.4 Å². The summed E-state index contributed by atoms with van der Waals surface area (Å²) in [6.45, 7) is 6.28. The molecule has 1 N–H and O–H groups in total. The number of aromatic nitrogens is 3. The zero-order valence-electron chi connectivity index (χ0n) is 17.5. The Hall–Kier alpha value is -2.99. The second-order valence-electron chi connectivity index (χ2n) is 8.78. The van der Waals surface area contributed by atoms with Gasteiger partial charge in [0.2, 0.25) is 0 Å². The lowest BCUT2D eigenvalue weighted by molar-refractivity contribution is 0.138. The van der Waals surface area contributed by atoms with Crippen molar-refractivity contribution >= 4 is 11.6 Å². The van der Waals surface area contributed by atoms with E-state index in [2.05, 4.69) is 52.2 Å². The number of anilines is 2. The highest BCUT2D eigenvalue weighted by Crippen LogP contribution is 2.37. The summed E-state index contributed by atoms with van der Waals surface area (Å²) >= 11 is 0. The predicted octanol–water partition coefficient (Wildman–Crippen LogP) is 4.67. The number of pyridine rings is 1. The van der Waals surface area contributed by atoms with E-state index in [0.29, 0.717) is 0 Å². The maximum absolute atomic E-state index is 6.03. The van der Waals surface area contributed by atoms with Gasteiger partial charge in [-0.2, -0.15) is 0 Å². The van der Waals surface area contributed by atoms with E-state index in [-0.39, 0.29) is 11.6 Å². The quantitative estimate of drug-likeness (QED) is 0.671. The van der Waals surface area contributed by atoms with Crippen LogP contribution in [0.25, 0.3) is 0 Å². The SMILES string of the molecule is CC1(C)Cc2cc(CN3CCCC3c3cncc(Nc4ccccn4)n3)ccc2O1. The maximum Gasteiger partial charge on any atom is 0.150 e. The van der Waals surface area contributed by atoms with E-state index in [4.69, 9.17) is 9.72 Å². The van der Waals surface area contributed by atoms with Gasteiger partial charge in [0.25, 0.3) is 0 Å². The molecular weight excluding hydrogens is 374 g/mol. The first-order chi connectivity index (χ1) is 14.6. The molecule has 2 aliphatic rings. The fraction of sp³-hybridized carbons (Fsp3) is 0.375. The molecule has 4 heterocycles. The lowest BCUT2D eigenvalue weighted by atomic mass is 10.00. The number of rotatable bonds is 5. The Morgan fingerprint density at radius 2 is 2.10 bits per heavy atom. The Morgan fingerprint density at radius 3 is 2.97 bits per heavy atom. The summed E-state index contributed by atoms with van der Waals surface area (Å²) in [4.78, 5) is 16.1. The summed E-state index contributed by atoms with van der Waals surface area (Å²) in [7, 11) is 0. The third-order valence-corrected chi connectivity index (χ3v) is 5.79. The van der Waals surface area contributed by atoms with Crippen LogP contribution in [0.4, 0.5) is 11.6 Å². The number of benzene rings is 1. The highest BCUT2D eigenvalue weighted by molar-refractivity contribution is 5.50. The Morgan fingerprint density at radius 1 is 1.17 bits per heavy atom.